The summed E-state index contributed by atoms with van der Waals surface area (Å²) in [5.41, 5.74) is 8.23. The molecule has 1 aromatic heterocycles. The van der Waals surface area contributed by atoms with Gasteiger partial charge in [-0.25, -0.2) is 4.79 Å². The molecule has 1 fully saturated rings. The second kappa shape index (κ2) is 6.60. The van der Waals surface area contributed by atoms with E-state index in [1.165, 1.54) is 0 Å². The van der Waals surface area contributed by atoms with E-state index in [4.69, 9.17) is 14.9 Å². The Morgan fingerprint density at radius 1 is 1.04 bits per heavy atom. The molecule has 7 nitrogen and oxygen atoms in total. The van der Waals surface area contributed by atoms with Gasteiger partial charge in [0.05, 0.1) is 5.56 Å². The molecule has 0 atom stereocenters. The molecule has 4 rings (SSSR count). The first-order valence-corrected chi connectivity index (χ1v) is 8.93. The lowest BCUT2D eigenvalue weighted by Crippen LogP contribution is -2.35. The van der Waals surface area contributed by atoms with Crippen LogP contribution in [0.15, 0.2) is 46.9 Å². The number of rotatable bonds is 5. The van der Waals surface area contributed by atoms with Crippen LogP contribution in [0.5, 0.6) is 0 Å². The van der Waals surface area contributed by atoms with Crippen molar-refractivity contribution in [2.45, 2.75) is 32.3 Å². The number of aryl methyl sites for hydroxylation is 2. The van der Waals surface area contributed by atoms with E-state index in [0.29, 0.717) is 30.2 Å². The fourth-order valence-corrected chi connectivity index (χ4v) is 3.01. The Hall–Kier alpha value is -3.48. The van der Waals surface area contributed by atoms with Gasteiger partial charge in [0.25, 0.3) is 5.91 Å². The number of aromatic nitrogens is 2. The molecule has 0 bridgehead atoms. The molecule has 1 aliphatic carbocycles. The zero-order valence-corrected chi connectivity index (χ0v) is 15.6. The van der Waals surface area contributed by atoms with Gasteiger partial charge in [-0.1, -0.05) is 18.2 Å². The third-order valence-corrected chi connectivity index (χ3v) is 4.88. The first kappa shape index (κ1) is 17.9. The first-order chi connectivity index (χ1) is 13.4. The normalized spacial score (nSPS) is 14.5. The van der Waals surface area contributed by atoms with E-state index in [9.17, 15) is 9.59 Å². The molecule has 0 saturated heterocycles. The van der Waals surface area contributed by atoms with Crippen LogP contribution in [-0.4, -0.2) is 27.7 Å². The Labute approximate surface area is 161 Å². The summed E-state index contributed by atoms with van der Waals surface area (Å²) in [4.78, 5) is 24.0. The molecule has 1 amide bonds. The van der Waals surface area contributed by atoms with E-state index in [1.807, 2.05) is 37.3 Å². The van der Waals surface area contributed by atoms with Crippen LogP contribution in [0, 0.1) is 13.8 Å². The van der Waals surface area contributed by atoms with Crippen molar-refractivity contribution in [2.24, 2.45) is 5.73 Å². The van der Waals surface area contributed by atoms with Crippen molar-refractivity contribution in [2.75, 3.05) is 0 Å². The van der Waals surface area contributed by atoms with Crippen molar-refractivity contribution in [3.05, 3.63) is 59.5 Å². The number of nitrogens with two attached hydrogens (primary N) is 1. The summed E-state index contributed by atoms with van der Waals surface area (Å²) in [5, 5.41) is 7.85. The van der Waals surface area contributed by atoms with Gasteiger partial charge in [0.15, 0.2) is 5.60 Å². The van der Waals surface area contributed by atoms with E-state index in [2.05, 4.69) is 10.2 Å². The van der Waals surface area contributed by atoms with E-state index < -0.39 is 17.5 Å². The SMILES string of the molecule is Cc1nnc(-c2ccc(-c3cc(C(=O)OC4(C(N)=O)CC4)ccc3C)cc2)o1. The molecule has 2 aromatic carbocycles. The summed E-state index contributed by atoms with van der Waals surface area (Å²) < 4.78 is 10.8. The zero-order valence-electron chi connectivity index (χ0n) is 15.6. The highest BCUT2D eigenvalue weighted by Crippen LogP contribution is 2.40. The van der Waals surface area contributed by atoms with Crippen LogP contribution in [-0.2, 0) is 9.53 Å². The van der Waals surface area contributed by atoms with Gasteiger partial charge in [0.1, 0.15) is 0 Å². The van der Waals surface area contributed by atoms with Crippen LogP contribution in [0.2, 0.25) is 0 Å². The molecule has 0 unspecified atom stereocenters. The Kier molecular flexibility index (Phi) is 4.22. The Balaban J connectivity index is 1.60. The summed E-state index contributed by atoms with van der Waals surface area (Å²) in [5.74, 6) is -0.180. The van der Waals surface area contributed by atoms with Crippen molar-refractivity contribution in [1.29, 1.82) is 0 Å². The maximum Gasteiger partial charge on any atom is 0.339 e. The van der Waals surface area contributed by atoms with Crippen LogP contribution >= 0.6 is 0 Å². The summed E-state index contributed by atoms with van der Waals surface area (Å²) in [6.45, 7) is 3.70. The molecule has 0 aliphatic heterocycles. The van der Waals surface area contributed by atoms with Crippen LogP contribution in [0.3, 0.4) is 0 Å². The van der Waals surface area contributed by atoms with Gasteiger partial charge in [0, 0.05) is 25.3 Å². The predicted molar refractivity (Wildman–Crippen MR) is 101 cm³/mol. The van der Waals surface area contributed by atoms with Crippen LogP contribution in [0.1, 0.15) is 34.7 Å². The number of hydrogen-bond acceptors (Lipinski definition) is 6. The van der Waals surface area contributed by atoms with Crippen molar-refractivity contribution in [3.63, 3.8) is 0 Å². The first-order valence-electron chi connectivity index (χ1n) is 8.93. The van der Waals surface area contributed by atoms with E-state index in [0.717, 1.165) is 22.3 Å². The second-order valence-corrected chi connectivity index (χ2v) is 6.98. The Bertz CT molecular complexity index is 1070. The predicted octanol–water partition coefficient (Wildman–Crippen LogP) is 3.20. The highest BCUT2D eigenvalue weighted by molar-refractivity contribution is 5.96. The van der Waals surface area contributed by atoms with Gasteiger partial charge < -0.3 is 14.9 Å². The average molecular weight is 377 g/mol. The highest BCUT2D eigenvalue weighted by Gasteiger charge is 2.53. The third-order valence-electron chi connectivity index (χ3n) is 4.88. The maximum absolute atomic E-state index is 12.5. The average Bonchev–Trinajstić information content (AvgIpc) is 3.34. The minimum atomic E-state index is -1.13. The summed E-state index contributed by atoms with van der Waals surface area (Å²) in [6, 6.07) is 12.9. The van der Waals surface area contributed by atoms with Gasteiger partial charge in [-0.3, -0.25) is 4.79 Å². The summed E-state index contributed by atoms with van der Waals surface area (Å²) >= 11 is 0. The molecule has 0 spiro atoms. The van der Waals surface area contributed by atoms with E-state index in [-0.39, 0.29) is 0 Å². The monoisotopic (exact) mass is 377 g/mol. The molecular weight excluding hydrogens is 358 g/mol. The minimum absolute atomic E-state index is 0.379. The molecule has 3 aromatic rings. The summed E-state index contributed by atoms with van der Waals surface area (Å²) in [6.07, 6.45) is 0.951. The maximum atomic E-state index is 12.5. The molecule has 28 heavy (non-hydrogen) atoms. The molecular formula is C21H19N3O4. The summed E-state index contributed by atoms with van der Waals surface area (Å²) in [7, 11) is 0. The smallest absolute Gasteiger partial charge is 0.339 e. The van der Waals surface area contributed by atoms with Crippen LogP contribution in [0.25, 0.3) is 22.6 Å². The largest absolute Gasteiger partial charge is 0.445 e. The molecule has 0 radical (unpaired) electrons. The Morgan fingerprint density at radius 2 is 1.71 bits per heavy atom. The lowest BCUT2D eigenvalue weighted by molar-refractivity contribution is -0.128. The number of nitrogens with zero attached hydrogens (tertiary/aromatic N) is 2. The van der Waals surface area contributed by atoms with Gasteiger partial charge in [-0.15, -0.1) is 10.2 Å². The molecule has 1 heterocycles. The van der Waals surface area contributed by atoms with Gasteiger partial charge in [0.2, 0.25) is 11.8 Å². The molecule has 142 valence electrons. The lowest BCUT2D eigenvalue weighted by Gasteiger charge is -2.14. The number of benzene rings is 2. The van der Waals surface area contributed by atoms with Crippen molar-refractivity contribution in [1.82, 2.24) is 10.2 Å². The van der Waals surface area contributed by atoms with Gasteiger partial charge >= 0.3 is 5.97 Å². The van der Waals surface area contributed by atoms with Gasteiger partial charge in [-0.05, 0) is 47.9 Å². The molecule has 1 saturated carbocycles. The minimum Gasteiger partial charge on any atom is -0.445 e. The number of primary amides is 1. The number of esters is 1. The fraction of sp³-hybridized carbons (Fsp3) is 0.238. The van der Waals surface area contributed by atoms with E-state index >= 15 is 0 Å². The van der Waals surface area contributed by atoms with Crippen molar-refractivity contribution in [3.8, 4) is 22.6 Å². The third kappa shape index (κ3) is 3.26. The molecule has 2 N–H and O–H groups in total. The number of carbonyl (C=O) groups is 2. The van der Waals surface area contributed by atoms with Gasteiger partial charge in [-0.2, -0.15) is 0 Å². The van der Waals surface area contributed by atoms with Crippen molar-refractivity contribution < 1.29 is 18.7 Å². The van der Waals surface area contributed by atoms with Crippen LogP contribution < -0.4 is 5.73 Å². The number of ether oxygens (including phenoxy) is 1. The van der Waals surface area contributed by atoms with E-state index in [1.54, 1.807) is 19.1 Å². The number of amides is 1. The number of carbonyl (C=O) groups excluding carboxylic acids is 2. The van der Waals surface area contributed by atoms with Crippen LogP contribution in [0.4, 0.5) is 0 Å². The topological polar surface area (TPSA) is 108 Å². The lowest BCUT2D eigenvalue weighted by atomic mass is 9.97. The Morgan fingerprint density at radius 3 is 2.29 bits per heavy atom. The fourth-order valence-electron chi connectivity index (χ4n) is 3.01. The standard InChI is InChI=1S/C21H19N3O4/c1-12-3-4-16(19(25)28-21(9-10-21)20(22)26)11-17(12)14-5-7-15(8-6-14)18-24-23-13(2)27-18/h3-8,11H,9-10H2,1-2H3,(H2,22,26). The zero-order chi connectivity index (χ0) is 19.9. The molecule has 1 aliphatic rings. The van der Waals surface area contributed by atoms with Crippen molar-refractivity contribution >= 4 is 11.9 Å². The molecule has 7 heteroatoms. The second-order valence-electron chi connectivity index (χ2n) is 6.98. The number of hydrogen-bond donors (Lipinski definition) is 1. The quantitative estimate of drug-likeness (QED) is 0.684. The highest BCUT2D eigenvalue weighted by atomic mass is 16.6.